The number of methoxy groups -OCH3 is 1. The van der Waals surface area contributed by atoms with Gasteiger partial charge in [-0.25, -0.2) is 9.37 Å². The summed E-state index contributed by atoms with van der Waals surface area (Å²) in [5.74, 6) is -0.105. The van der Waals surface area contributed by atoms with E-state index in [1.165, 1.54) is 6.07 Å². The summed E-state index contributed by atoms with van der Waals surface area (Å²) >= 11 is 5.96. The van der Waals surface area contributed by atoms with Gasteiger partial charge in [0.05, 0.1) is 0 Å². The summed E-state index contributed by atoms with van der Waals surface area (Å²) in [6.45, 7) is 6.30. The number of amides is 1. The van der Waals surface area contributed by atoms with Crippen LogP contribution in [-0.2, 0) is 11.3 Å². The average molecular weight is 530 g/mol. The molecule has 1 heterocycles. The normalized spacial score (nSPS) is 16.1. The van der Waals surface area contributed by atoms with Crippen LogP contribution < -0.4 is 11.1 Å². The van der Waals surface area contributed by atoms with E-state index >= 15 is 0 Å². The van der Waals surface area contributed by atoms with Crippen LogP contribution in [-0.4, -0.2) is 18.0 Å². The van der Waals surface area contributed by atoms with Gasteiger partial charge in [-0.15, -0.1) is 0 Å². The number of anilines is 1. The highest BCUT2D eigenvalue weighted by Gasteiger charge is 2.31. The van der Waals surface area contributed by atoms with E-state index in [1.807, 2.05) is 56.3 Å². The first-order valence-electron chi connectivity index (χ1n) is 12.4. The van der Waals surface area contributed by atoms with Crippen LogP contribution in [0, 0.1) is 19.7 Å². The molecule has 0 spiro atoms. The highest BCUT2D eigenvalue weighted by Crippen LogP contribution is 2.45. The van der Waals surface area contributed by atoms with Gasteiger partial charge in [0.25, 0.3) is 5.91 Å². The fourth-order valence-corrected chi connectivity index (χ4v) is 5.58. The molecule has 3 N–H and O–H groups in total. The topological polar surface area (TPSA) is 77.2 Å². The predicted octanol–water partition coefficient (Wildman–Crippen LogP) is 6.87. The third-order valence-electron chi connectivity index (χ3n) is 7.41. The zero-order valence-corrected chi connectivity index (χ0v) is 22.5. The molecule has 0 radical (unpaired) electrons. The number of benzene rings is 3. The van der Waals surface area contributed by atoms with Crippen LogP contribution in [0.15, 0.2) is 60.7 Å². The Balaban J connectivity index is 1.46. The number of carbonyl (C=O) groups excluding carboxylic acids is 1. The van der Waals surface area contributed by atoms with Crippen molar-refractivity contribution in [2.45, 2.75) is 39.3 Å². The number of nitrogen functional groups attached to an aromatic ring is 1. The number of rotatable bonds is 5. The lowest BCUT2D eigenvalue weighted by Gasteiger charge is -2.32. The molecule has 0 saturated heterocycles. The van der Waals surface area contributed by atoms with Gasteiger partial charge >= 0.3 is 0 Å². The third-order valence-corrected chi connectivity index (χ3v) is 7.65. The van der Waals surface area contributed by atoms with Gasteiger partial charge in [-0.2, -0.15) is 0 Å². The van der Waals surface area contributed by atoms with Gasteiger partial charge in [-0.3, -0.25) is 4.79 Å². The molecule has 0 saturated carbocycles. The first kappa shape index (κ1) is 25.9. The lowest BCUT2D eigenvalue weighted by molar-refractivity contribution is 0.0950. The fraction of sp³-hybridized carbons (Fsp3) is 0.226. The molecule has 1 aliphatic carbocycles. The van der Waals surface area contributed by atoms with E-state index in [9.17, 15) is 9.18 Å². The standard InChI is InChI=1S/C31H29ClFN3O2/c1-16-11-29(34)36-18(3)27(16)15-35-31(37)20-6-9-24-26(13-20)17(2)25-12-19(5-8-23(25)30(24)38-4)22-10-7-21(32)14-28(22)33/h5-14,17,30H,15H2,1-4H3,(H2,34,36)(H,35,37)/t17-,30+/m1/s1. The van der Waals surface area contributed by atoms with Crippen LogP contribution >= 0.6 is 11.6 Å². The maximum Gasteiger partial charge on any atom is 0.251 e. The minimum Gasteiger partial charge on any atom is -0.384 e. The van der Waals surface area contributed by atoms with Crippen molar-refractivity contribution in [1.29, 1.82) is 0 Å². The summed E-state index contributed by atoms with van der Waals surface area (Å²) in [6, 6.07) is 18.1. The van der Waals surface area contributed by atoms with E-state index in [-0.39, 0.29) is 23.7 Å². The first-order chi connectivity index (χ1) is 18.2. The SMILES string of the molecule is CO[C@@H]1c2ccc(C(=O)NCc3c(C)cc(N)nc3C)cc2[C@H](C)c2cc(-c3ccc(Cl)cc3F)ccc21. The largest absolute Gasteiger partial charge is 0.384 e. The van der Waals surface area contributed by atoms with Crippen molar-refractivity contribution in [2.75, 3.05) is 12.8 Å². The maximum atomic E-state index is 14.7. The lowest BCUT2D eigenvalue weighted by Crippen LogP contribution is -2.25. The number of aryl methyl sites for hydroxylation is 2. The Morgan fingerprint density at radius 3 is 2.42 bits per heavy atom. The molecule has 7 heteroatoms. The molecule has 0 bridgehead atoms. The second-order valence-corrected chi connectivity index (χ2v) is 10.2. The van der Waals surface area contributed by atoms with Crippen LogP contribution in [0.4, 0.5) is 10.2 Å². The minimum atomic E-state index is -0.370. The van der Waals surface area contributed by atoms with Crippen molar-refractivity contribution >= 4 is 23.3 Å². The van der Waals surface area contributed by atoms with Crippen LogP contribution in [0.25, 0.3) is 11.1 Å². The number of nitrogens with two attached hydrogens (primary N) is 1. The molecule has 3 aromatic carbocycles. The minimum absolute atomic E-state index is 0.0275. The van der Waals surface area contributed by atoms with Gasteiger partial charge in [0.15, 0.2) is 0 Å². The van der Waals surface area contributed by atoms with E-state index in [4.69, 9.17) is 22.1 Å². The number of hydrogen-bond acceptors (Lipinski definition) is 4. The summed E-state index contributed by atoms with van der Waals surface area (Å²) in [7, 11) is 1.67. The number of hydrogen-bond donors (Lipinski definition) is 2. The Kier molecular flexibility index (Phi) is 6.95. The van der Waals surface area contributed by atoms with E-state index in [0.717, 1.165) is 44.6 Å². The zero-order valence-electron chi connectivity index (χ0n) is 21.7. The molecule has 0 fully saturated rings. The molecule has 4 aromatic rings. The molecule has 1 aromatic heterocycles. The Hall–Kier alpha value is -3.74. The number of ether oxygens (including phenoxy) is 1. The summed E-state index contributed by atoms with van der Waals surface area (Å²) < 4.78 is 20.6. The molecule has 1 amide bonds. The third kappa shape index (κ3) is 4.66. The average Bonchev–Trinajstić information content (AvgIpc) is 2.88. The Bertz CT molecular complexity index is 1550. The van der Waals surface area contributed by atoms with Crippen LogP contribution in [0.3, 0.4) is 0 Å². The van der Waals surface area contributed by atoms with E-state index < -0.39 is 0 Å². The smallest absolute Gasteiger partial charge is 0.251 e. The van der Waals surface area contributed by atoms with Gasteiger partial charge in [0.1, 0.15) is 17.7 Å². The summed E-state index contributed by atoms with van der Waals surface area (Å²) in [5, 5.41) is 3.38. The molecule has 5 rings (SSSR count). The van der Waals surface area contributed by atoms with Crippen molar-refractivity contribution in [2.24, 2.45) is 0 Å². The van der Waals surface area contributed by atoms with E-state index in [0.29, 0.717) is 28.5 Å². The molecule has 2 atom stereocenters. The number of carbonyl (C=O) groups is 1. The summed E-state index contributed by atoms with van der Waals surface area (Å²) in [4.78, 5) is 17.5. The van der Waals surface area contributed by atoms with Crippen molar-refractivity contribution < 1.29 is 13.9 Å². The molecular formula is C31H29ClFN3O2. The van der Waals surface area contributed by atoms with E-state index in [2.05, 4.69) is 17.2 Å². The molecule has 38 heavy (non-hydrogen) atoms. The quantitative estimate of drug-likeness (QED) is 0.296. The van der Waals surface area contributed by atoms with Crippen molar-refractivity contribution in [3.63, 3.8) is 0 Å². The van der Waals surface area contributed by atoms with Gasteiger partial charge in [0.2, 0.25) is 0 Å². The van der Waals surface area contributed by atoms with Gasteiger partial charge < -0.3 is 15.8 Å². The van der Waals surface area contributed by atoms with Gasteiger partial charge in [-0.1, -0.05) is 42.8 Å². The van der Waals surface area contributed by atoms with Crippen molar-refractivity contribution in [3.05, 3.63) is 116 Å². The summed E-state index contributed by atoms with van der Waals surface area (Å²) in [6.07, 6.45) is -0.288. The fourth-order valence-electron chi connectivity index (χ4n) is 5.42. The molecule has 5 nitrogen and oxygen atoms in total. The molecule has 0 aliphatic heterocycles. The van der Waals surface area contributed by atoms with E-state index in [1.54, 1.807) is 19.2 Å². The van der Waals surface area contributed by atoms with Crippen LogP contribution in [0.2, 0.25) is 5.02 Å². The number of halogens is 2. The first-order valence-corrected chi connectivity index (χ1v) is 12.8. The van der Waals surface area contributed by atoms with Gasteiger partial charge in [0, 0.05) is 41.4 Å². The van der Waals surface area contributed by atoms with Crippen LogP contribution in [0.1, 0.15) is 68.4 Å². The monoisotopic (exact) mass is 529 g/mol. The highest BCUT2D eigenvalue weighted by atomic mass is 35.5. The van der Waals surface area contributed by atoms with Crippen molar-refractivity contribution in [1.82, 2.24) is 10.3 Å². The molecule has 0 unspecified atom stereocenters. The second-order valence-electron chi connectivity index (χ2n) is 9.76. The van der Waals surface area contributed by atoms with Gasteiger partial charge in [-0.05, 0) is 89.2 Å². The second kappa shape index (κ2) is 10.2. The Morgan fingerprint density at radius 2 is 1.74 bits per heavy atom. The molecule has 194 valence electrons. The number of nitrogens with zero attached hydrogens (tertiary/aromatic N) is 1. The predicted molar refractivity (Wildman–Crippen MR) is 149 cm³/mol. The van der Waals surface area contributed by atoms with Crippen molar-refractivity contribution in [3.8, 4) is 11.1 Å². The van der Waals surface area contributed by atoms with Crippen LogP contribution in [0.5, 0.6) is 0 Å². The molecular weight excluding hydrogens is 501 g/mol. The maximum absolute atomic E-state index is 14.7. The number of fused-ring (bicyclic) bond motifs is 2. The number of nitrogens with one attached hydrogen (secondary N) is 1. The number of aromatic nitrogens is 1. The summed E-state index contributed by atoms with van der Waals surface area (Å²) in [5.41, 5.74) is 14.5. The Labute approximate surface area is 226 Å². The zero-order chi connectivity index (χ0) is 27.1. The lowest BCUT2D eigenvalue weighted by atomic mass is 9.76. The number of pyridine rings is 1. The highest BCUT2D eigenvalue weighted by molar-refractivity contribution is 6.30. The Morgan fingerprint density at radius 1 is 1.03 bits per heavy atom. The molecule has 1 aliphatic rings.